The van der Waals surface area contributed by atoms with Crippen molar-refractivity contribution in [3.8, 4) is 34.8 Å². The minimum atomic E-state index is -1.14. The van der Waals surface area contributed by atoms with Crippen LogP contribution >= 0.6 is 11.8 Å². The Morgan fingerprint density at radius 2 is 1.80 bits per heavy atom. The summed E-state index contributed by atoms with van der Waals surface area (Å²) >= 11 is 1.34. The number of phenols is 2. The van der Waals surface area contributed by atoms with Gasteiger partial charge in [0.25, 0.3) is 0 Å². The SMILES string of the molecule is COc1c(C)cc2c(c1O)[C@@H]1C3[C@@H]4SC[C@H](NC(=O)C(NC(=O)/C=C/c5ccccc5)C(C)C)C(=O)OC[C@@H](c5c6c(c(C)c(O)c54)OCO6)N3[C@@H](C#N)[C@H](C2)N1C.[Ac]. The van der Waals surface area contributed by atoms with Crippen LogP contribution in [0.15, 0.2) is 42.5 Å². The Morgan fingerprint density at radius 3 is 2.49 bits per heavy atom. The molecule has 9 rings (SSSR count). The number of aryl methyl sites for hydroxylation is 1. The zero-order valence-electron chi connectivity index (χ0n) is 33.7. The number of ether oxygens (including phenoxy) is 4. The molecule has 6 aliphatic heterocycles. The average molecular weight is 1040 g/mol. The molecule has 8 atom stereocenters. The molecule has 3 aromatic carbocycles. The van der Waals surface area contributed by atoms with E-state index in [1.807, 2.05) is 50.4 Å². The third kappa shape index (κ3) is 7.35. The van der Waals surface area contributed by atoms with Crippen molar-refractivity contribution in [2.24, 2.45) is 5.92 Å². The predicted octanol–water partition coefficient (Wildman–Crippen LogP) is 4.35. The molecule has 6 heterocycles. The van der Waals surface area contributed by atoms with Crippen molar-refractivity contribution < 1.29 is 87.6 Å². The summed E-state index contributed by atoms with van der Waals surface area (Å²) in [5.74, 6) is -0.814. The molecule has 0 saturated carbocycles. The Hall–Kier alpha value is -3.99. The van der Waals surface area contributed by atoms with Crippen LogP contribution in [-0.4, -0.2) is 101 Å². The number of aromatic hydroxyl groups is 2. The van der Waals surface area contributed by atoms with Crippen LogP contribution in [0.4, 0.5) is 0 Å². The van der Waals surface area contributed by atoms with Crippen LogP contribution in [0.1, 0.15) is 70.1 Å². The first kappa shape index (κ1) is 43.1. The van der Waals surface area contributed by atoms with Crippen molar-refractivity contribution in [2.45, 2.75) is 81.7 Å². The van der Waals surface area contributed by atoms with E-state index in [4.69, 9.17) is 18.9 Å². The van der Waals surface area contributed by atoms with Crippen LogP contribution in [0.5, 0.6) is 28.7 Å². The molecule has 2 unspecified atom stereocenters. The maximum atomic E-state index is 14.1. The fourth-order valence-electron chi connectivity index (χ4n) is 9.54. The molecule has 1 radical (unpaired) electrons. The monoisotopic (exact) mass is 1040 g/mol. The fraction of sp³-hybridized carbons (Fsp3) is 0.442. The average Bonchev–Trinajstić information content (AvgIpc) is 3.70. The molecule has 4 N–H and O–H groups in total. The number of rotatable bonds is 7. The number of thioether (sulfide) groups is 1. The van der Waals surface area contributed by atoms with Gasteiger partial charge in [0, 0.05) is 90.2 Å². The number of fused-ring (bicyclic) bond motifs is 10. The Bertz CT molecular complexity index is 2250. The fourth-order valence-corrected chi connectivity index (χ4v) is 11.1. The number of piperazine rings is 1. The second-order valence-electron chi connectivity index (χ2n) is 15.8. The van der Waals surface area contributed by atoms with Gasteiger partial charge in [-0.05, 0) is 56.0 Å². The summed E-state index contributed by atoms with van der Waals surface area (Å²) < 4.78 is 23.8. The number of nitrogens with zero attached hydrogens (tertiary/aromatic N) is 3. The van der Waals surface area contributed by atoms with Crippen molar-refractivity contribution in [1.29, 1.82) is 5.26 Å². The van der Waals surface area contributed by atoms with Gasteiger partial charge in [0.15, 0.2) is 23.0 Å². The topological polar surface area (TPSA) is 183 Å². The minimum absolute atomic E-state index is 0. The molecule has 2 saturated heterocycles. The zero-order valence-corrected chi connectivity index (χ0v) is 39.3. The van der Waals surface area contributed by atoms with E-state index in [2.05, 4.69) is 26.5 Å². The van der Waals surface area contributed by atoms with E-state index in [1.165, 1.54) is 24.9 Å². The van der Waals surface area contributed by atoms with E-state index in [0.717, 1.165) is 16.7 Å². The van der Waals surface area contributed by atoms with Crippen LogP contribution in [0.2, 0.25) is 0 Å². The Labute approximate surface area is 383 Å². The third-order valence-electron chi connectivity index (χ3n) is 12.2. The molecule has 16 heteroatoms. The molecule has 2 amide bonds. The maximum absolute atomic E-state index is 14.1. The first-order valence-electron chi connectivity index (χ1n) is 19.4. The van der Waals surface area contributed by atoms with Crippen LogP contribution < -0.4 is 24.8 Å². The summed E-state index contributed by atoms with van der Waals surface area (Å²) in [5, 5.41) is 40.1. The normalized spacial score (nSPS) is 26.1. The van der Waals surface area contributed by atoms with E-state index in [0.29, 0.717) is 45.9 Å². The van der Waals surface area contributed by atoms with Gasteiger partial charge >= 0.3 is 5.97 Å². The summed E-state index contributed by atoms with van der Waals surface area (Å²) in [6, 6.07) is 8.94. The van der Waals surface area contributed by atoms with Gasteiger partial charge in [-0.3, -0.25) is 19.4 Å². The third-order valence-corrected chi connectivity index (χ3v) is 13.6. The number of esters is 1. The number of phenolic OH excluding ortho intramolecular Hbond substituents is 2. The van der Waals surface area contributed by atoms with Gasteiger partial charge in [0.1, 0.15) is 30.5 Å². The first-order valence-corrected chi connectivity index (χ1v) is 20.5. The van der Waals surface area contributed by atoms with Crippen molar-refractivity contribution in [2.75, 3.05) is 33.3 Å². The van der Waals surface area contributed by atoms with Gasteiger partial charge < -0.3 is 39.8 Å². The van der Waals surface area contributed by atoms with Gasteiger partial charge in [-0.25, -0.2) is 4.79 Å². The van der Waals surface area contributed by atoms with Gasteiger partial charge in [0.2, 0.25) is 18.6 Å². The number of methoxy groups -OCH3 is 1. The molecule has 14 nitrogen and oxygen atoms in total. The maximum Gasteiger partial charge on any atom is 0.329 e. The van der Waals surface area contributed by atoms with Crippen LogP contribution in [0, 0.1) is 75.2 Å². The van der Waals surface area contributed by atoms with Crippen LogP contribution in [0.25, 0.3) is 6.08 Å². The molecule has 3 aromatic rings. The van der Waals surface area contributed by atoms with Crippen molar-refractivity contribution >= 4 is 35.6 Å². The summed E-state index contributed by atoms with van der Waals surface area (Å²) in [6.45, 7) is 6.93. The Morgan fingerprint density at radius 1 is 1.07 bits per heavy atom. The van der Waals surface area contributed by atoms with E-state index >= 15 is 0 Å². The van der Waals surface area contributed by atoms with Gasteiger partial charge in [-0.15, -0.1) is 11.8 Å². The molecular weight excluding hydrogens is 990 g/mol. The molecule has 0 aliphatic carbocycles. The number of hydrogen-bond donors (Lipinski definition) is 4. The molecule has 307 valence electrons. The van der Waals surface area contributed by atoms with E-state index in [-0.39, 0.29) is 86.7 Å². The quantitative estimate of drug-likeness (QED) is 0.194. The largest absolute Gasteiger partial charge is 0.507 e. The van der Waals surface area contributed by atoms with E-state index < -0.39 is 59.3 Å². The minimum Gasteiger partial charge on any atom is -0.507 e. The van der Waals surface area contributed by atoms with Crippen molar-refractivity contribution in [1.82, 2.24) is 20.4 Å². The van der Waals surface area contributed by atoms with Gasteiger partial charge in [-0.1, -0.05) is 50.2 Å². The molecular formula is C43H47AcN5O9S. The molecule has 0 spiro atoms. The Balaban J connectivity index is 0.00000528. The van der Waals surface area contributed by atoms with E-state index in [1.54, 1.807) is 26.8 Å². The molecule has 6 aliphatic rings. The van der Waals surface area contributed by atoms with Crippen molar-refractivity contribution in [3.05, 3.63) is 81.4 Å². The first-order chi connectivity index (χ1) is 27.9. The number of benzene rings is 3. The Kier molecular flexibility index (Phi) is 12.5. The smallest absolute Gasteiger partial charge is 0.329 e. The summed E-state index contributed by atoms with van der Waals surface area (Å²) in [6.07, 6.45) is 3.49. The number of nitrogens with one attached hydrogen (secondary N) is 2. The summed E-state index contributed by atoms with van der Waals surface area (Å²) in [5.41, 5.74) is 4.81. The van der Waals surface area contributed by atoms with Crippen molar-refractivity contribution in [3.63, 3.8) is 0 Å². The number of carbonyl (C=O) groups is 3. The standard InChI is InChI=1S/C43H47N5O9S.Ac/c1-20(2)33(46-29(49)13-12-23-10-8-7-9-11-23)42(52)45-25-18-58-41-32-31(40-39(56-19-57-40)22(4)36(32)50)28(17-55-43(25)53)48-27(16-44)26-15-24-14-21(3)38(54-6)37(51)30(24)34(35(41)48)47(26)5;/h7-14,20,25-28,33-35,41,50-51H,15,17-19H2,1-6H3,(H,45,52)(H,46,49);/b13-12+;/t25-,26-,27-,28-,33?,34+,35?,41+;/m0./s1. The second kappa shape index (κ2) is 17.2. The van der Waals surface area contributed by atoms with Gasteiger partial charge in [-0.2, -0.15) is 5.26 Å². The number of hydrogen-bond acceptors (Lipinski definition) is 13. The predicted molar refractivity (Wildman–Crippen MR) is 214 cm³/mol. The van der Waals surface area contributed by atoms with Crippen LogP contribution in [-0.2, 0) is 25.5 Å². The van der Waals surface area contributed by atoms with Crippen LogP contribution in [0.3, 0.4) is 0 Å². The van der Waals surface area contributed by atoms with Gasteiger partial charge in [0.05, 0.1) is 30.5 Å². The number of amides is 2. The molecule has 2 fully saturated rings. The number of nitriles is 1. The zero-order chi connectivity index (χ0) is 41.2. The summed E-state index contributed by atoms with van der Waals surface area (Å²) in [4.78, 5) is 45.3. The molecule has 0 aromatic heterocycles. The number of carbonyl (C=O) groups excluding carboxylic acids is 3. The van der Waals surface area contributed by atoms with E-state index in [9.17, 15) is 29.9 Å². The molecule has 4 bridgehead atoms. The second-order valence-corrected chi connectivity index (χ2v) is 17.0. The summed E-state index contributed by atoms with van der Waals surface area (Å²) in [7, 11) is 3.47. The molecule has 59 heavy (non-hydrogen) atoms. The number of likely N-dealkylation sites (N-methyl/N-ethyl adjacent to an activating group) is 1.